The third-order valence-electron chi connectivity index (χ3n) is 5.75. The third kappa shape index (κ3) is 3.81. The van der Waals surface area contributed by atoms with Gasteiger partial charge in [-0.05, 0) is 44.9 Å². The van der Waals surface area contributed by atoms with E-state index in [1.807, 2.05) is 38.1 Å². The Balaban J connectivity index is 1.47. The number of amides is 3. The Hall–Kier alpha value is -2.96. The minimum absolute atomic E-state index is 0.0518. The molecule has 2 saturated heterocycles. The van der Waals surface area contributed by atoms with Crippen LogP contribution in [0.25, 0.3) is 10.9 Å². The van der Waals surface area contributed by atoms with Gasteiger partial charge in [-0.25, -0.2) is 0 Å². The van der Waals surface area contributed by atoms with Gasteiger partial charge in [-0.2, -0.15) is 0 Å². The number of piperazine rings is 1. The van der Waals surface area contributed by atoms with Crippen molar-refractivity contribution >= 4 is 28.6 Å². The predicted octanol–water partition coefficient (Wildman–Crippen LogP) is 1.76. The van der Waals surface area contributed by atoms with Crippen LogP contribution in [-0.2, 0) is 9.59 Å². The molecular weight excluding hydrogens is 368 g/mol. The lowest BCUT2D eigenvalue weighted by Gasteiger charge is -2.35. The molecule has 2 aliphatic heterocycles. The molecule has 4 rings (SSSR count). The van der Waals surface area contributed by atoms with Gasteiger partial charge in [0.25, 0.3) is 5.91 Å². The molecule has 0 radical (unpaired) electrons. The Bertz CT molecular complexity index is 973. The van der Waals surface area contributed by atoms with Crippen molar-refractivity contribution in [2.24, 2.45) is 0 Å². The van der Waals surface area contributed by atoms with E-state index in [0.717, 1.165) is 35.0 Å². The summed E-state index contributed by atoms with van der Waals surface area (Å²) in [4.78, 5) is 47.6. The molecule has 7 heteroatoms. The van der Waals surface area contributed by atoms with Gasteiger partial charge in [0, 0.05) is 50.3 Å². The van der Waals surface area contributed by atoms with E-state index < -0.39 is 11.8 Å². The Kier molecular flexibility index (Phi) is 5.22. The number of likely N-dealkylation sites (tertiary alicyclic amines) is 1. The summed E-state index contributed by atoms with van der Waals surface area (Å²) in [5.41, 5.74) is 3.33. The second kappa shape index (κ2) is 7.81. The van der Waals surface area contributed by atoms with E-state index in [1.165, 1.54) is 0 Å². The van der Waals surface area contributed by atoms with Crippen molar-refractivity contribution < 1.29 is 14.4 Å². The van der Waals surface area contributed by atoms with Crippen LogP contribution in [0.5, 0.6) is 0 Å². The average Bonchev–Trinajstić information content (AvgIpc) is 3.27. The first kappa shape index (κ1) is 19.4. The van der Waals surface area contributed by atoms with Gasteiger partial charge in [-0.3, -0.25) is 19.4 Å². The van der Waals surface area contributed by atoms with Gasteiger partial charge in [0.1, 0.15) is 0 Å². The van der Waals surface area contributed by atoms with Crippen molar-refractivity contribution in [2.75, 3.05) is 39.3 Å². The van der Waals surface area contributed by atoms with Crippen LogP contribution < -0.4 is 0 Å². The minimum Gasteiger partial charge on any atom is -0.335 e. The van der Waals surface area contributed by atoms with Crippen molar-refractivity contribution in [1.29, 1.82) is 0 Å². The smallest absolute Gasteiger partial charge is 0.312 e. The molecule has 0 N–H and O–H groups in total. The molecule has 1 aromatic heterocycles. The second-order valence-corrected chi connectivity index (χ2v) is 7.92. The maximum atomic E-state index is 13.2. The summed E-state index contributed by atoms with van der Waals surface area (Å²) in [6.45, 7) is 6.81. The van der Waals surface area contributed by atoms with Crippen LogP contribution >= 0.6 is 0 Å². The number of carbonyl (C=O) groups is 3. The number of nitrogens with zero attached hydrogens (tertiary/aromatic N) is 4. The van der Waals surface area contributed by atoms with Gasteiger partial charge < -0.3 is 14.7 Å². The van der Waals surface area contributed by atoms with Gasteiger partial charge in [-0.1, -0.05) is 11.6 Å². The van der Waals surface area contributed by atoms with Gasteiger partial charge in [-0.15, -0.1) is 0 Å². The molecule has 0 spiro atoms. The maximum absolute atomic E-state index is 13.2. The minimum atomic E-state index is -0.445. The van der Waals surface area contributed by atoms with E-state index in [-0.39, 0.29) is 5.91 Å². The van der Waals surface area contributed by atoms with Gasteiger partial charge in [0.15, 0.2) is 0 Å². The van der Waals surface area contributed by atoms with E-state index in [1.54, 1.807) is 14.7 Å². The van der Waals surface area contributed by atoms with E-state index in [2.05, 4.69) is 4.98 Å². The van der Waals surface area contributed by atoms with Crippen molar-refractivity contribution in [3.8, 4) is 0 Å². The topological polar surface area (TPSA) is 73.8 Å². The highest BCUT2D eigenvalue weighted by molar-refractivity contribution is 6.35. The molecule has 0 saturated carbocycles. The average molecular weight is 394 g/mol. The molecule has 0 unspecified atom stereocenters. The summed E-state index contributed by atoms with van der Waals surface area (Å²) in [6, 6.07) is 7.75. The van der Waals surface area contributed by atoms with Crippen molar-refractivity contribution in [1.82, 2.24) is 19.7 Å². The fourth-order valence-electron chi connectivity index (χ4n) is 4.12. The van der Waals surface area contributed by atoms with E-state index in [9.17, 15) is 14.4 Å². The number of benzene rings is 1. The molecule has 3 amide bonds. The zero-order valence-electron chi connectivity index (χ0n) is 17.0. The summed E-state index contributed by atoms with van der Waals surface area (Å²) in [5.74, 6) is -0.905. The molecule has 0 aliphatic carbocycles. The molecule has 3 heterocycles. The Morgan fingerprint density at radius 1 is 0.793 bits per heavy atom. The van der Waals surface area contributed by atoms with Crippen LogP contribution in [0.15, 0.2) is 24.3 Å². The Labute approximate surface area is 170 Å². The largest absolute Gasteiger partial charge is 0.335 e. The number of hydrogen-bond donors (Lipinski definition) is 0. The third-order valence-corrected chi connectivity index (χ3v) is 5.75. The molecule has 0 atom stereocenters. The molecule has 2 fully saturated rings. The van der Waals surface area contributed by atoms with Crippen LogP contribution in [0.1, 0.15) is 34.5 Å². The molecule has 0 bridgehead atoms. The van der Waals surface area contributed by atoms with Crippen LogP contribution in [0, 0.1) is 13.8 Å². The van der Waals surface area contributed by atoms with Crippen LogP contribution in [-0.4, -0.2) is 76.7 Å². The van der Waals surface area contributed by atoms with Gasteiger partial charge in [0.2, 0.25) is 0 Å². The lowest BCUT2D eigenvalue weighted by atomic mass is 10.0. The van der Waals surface area contributed by atoms with Crippen molar-refractivity contribution in [3.63, 3.8) is 0 Å². The fourth-order valence-corrected chi connectivity index (χ4v) is 4.12. The molecular formula is C22H26N4O3. The van der Waals surface area contributed by atoms with E-state index in [4.69, 9.17) is 0 Å². The lowest BCUT2D eigenvalue weighted by molar-refractivity contribution is -0.152. The predicted molar refractivity (Wildman–Crippen MR) is 110 cm³/mol. The first-order chi connectivity index (χ1) is 13.9. The summed E-state index contributed by atoms with van der Waals surface area (Å²) in [7, 11) is 0. The van der Waals surface area contributed by atoms with Gasteiger partial charge >= 0.3 is 11.8 Å². The first-order valence-electron chi connectivity index (χ1n) is 10.2. The monoisotopic (exact) mass is 394 g/mol. The highest BCUT2D eigenvalue weighted by Gasteiger charge is 2.32. The number of pyridine rings is 1. The number of rotatable bonds is 1. The number of hydrogen-bond acceptors (Lipinski definition) is 4. The molecule has 7 nitrogen and oxygen atoms in total. The summed E-state index contributed by atoms with van der Waals surface area (Å²) in [6.07, 6.45) is 1.92. The highest BCUT2D eigenvalue weighted by atomic mass is 16.2. The quantitative estimate of drug-likeness (QED) is 0.691. The lowest BCUT2D eigenvalue weighted by Crippen LogP contribution is -2.54. The first-order valence-corrected chi connectivity index (χ1v) is 10.2. The second-order valence-electron chi connectivity index (χ2n) is 7.92. The SMILES string of the molecule is Cc1ccc2nc(C)cc(C(=O)N3CCN(C(=O)C(=O)N4CCCC4)CC3)c2c1. The molecule has 1 aromatic carbocycles. The number of aryl methyl sites for hydroxylation is 2. The van der Waals surface area contributed by atoms with Crippen molar-refractivity contribution in [2.45, 2.75) is 26.7 Å². The van der Waals surface area contributed by atoms with Crippen LogP contribution in [0.3, 0.4) is 0 Å². The summed E-state index contributed by atoms with van der Waals surface area (Å²) in [5, 5.41) is 0.850. The fraction of sp³-hybridized carbons (Fsp3) is 0.455. The number of fused-ring (bicyclic) bond motifs is 1. The zero-order valence-corrected chi connectivity index (χ0v) is 17.0. The zero-order chi connectivity index (χ0) is 20.5. The normalized spacial score (nSPS) is 17.1. The maximum Gasteiger partial charge on any atom is 0.312 e. The van der Waals surface area contributed by atoms with E-state index >= 15 is 0 Å². The van der Waals surface area contributed by atoms with Gasteiger partial charge in [0.05, 0.1) is 11.1 Å². The van der Waals surface area contributed by atoms with Crippen LogP contribution in [0.2, 0.25) is 0 Å². The summed E-state index contributed by atoms with van der Waals surface area (Å²) < 4.78 is 0. The summed E-state index contributed by atoms with van der Waals surface area (Å²) >= 11 is 0. The molecule has 2 aromatic rings. The highest BCUT2D eigenvalue weighted by Crippen LogP contribution is 2.22. The Morgan fingerprint density at radius 2 is 1.38 bits per heavy atom. The Morgan fingerprint density at radius 3 is 2.03 bits per heavy atom. The standard InChI is InChI=1S/C22H26N4O3/c1-15-5-6-19-17(13-15)18(14-16(2)23-19)20(27)25-9-11-26(12-10-25)22(29)21(28)24-7-3-4-8-24/h5-6,13-14H,3-4,7-12H2,1-2H3. The molecule has 2 aliphatic rings. The number of aromatic nitrogens is 1. The number of carbonyl (C=O) groups excluding carboxylic acids is 3. The van der Waals surface area contributed by atoms with E-state index in [0.29, 0.717) is 44.8 Å². The van der Waals surface area contributed by atoms with Crippen LogP contribution in [0.4, 0.5) is 0 Å². The van der Waals surface area contributed by atoms with Crippen molar-refractivity contribution in [3.05, 3.63) is 41.1 Å². The molecule has 152 valence electrons. The molecule has 29 heavy (non-hydrogen) atoms.